The molecule has 1 aromatic heterocycles. The van der Waals surface area contributed by atoms with Gasteiger partial charge in [-0.1, -0.05) is 12.1 Å². The van der Waals surface area contributed by atoms with Crippen molar-refractivity contribution in [3.8, 4) is 17.2 Å². The summed E-state index contributed by atoms with van der Waals surface area (Å²) >= 11 is 0. The lowest BCUT2D eigenvalue weighted by molar-refractivity contribution is 0.289. The Morgan fingerprint density at radius 1 is 1.05 bits per heavy atom. The van der Waals surface area contributed by atoms with Gasteiger partial charge in [-0.2, -0.15) is 0 Å². The van der Waals surface area contributed by atoms with E-state index in [0.717, 1.165) is 10.9 Å². The number of aromatic hydroxyl groups is 2. The second-order valence-corrected chi connectivity index (χ2v) is 4.20. The summed E-state index contributed by atoms with van der Waals surface area (Å²) < 4.78 is 10.9. The van der Waals surface area contributed by atoms with E-state index in [4.69, 9.17) is 9.15 Å². The number of benzene rings is 2. The third kappa shape index (κ3) is 2.20. The van der Waals surface area contributed by atoms with Crippen LogP contribution in [0.3, 0.4) is 0 Å². The standard InChI is InChI=1S/C15H12O4/c16-11-5-6-12-10(9-19-15(12)7-11)8-18-14-4-2-1-3-13(14)17/h1-7,9,16-17H,8H2. The fourth-order valence-corrected chi connectivity index (χ4v) is 1.92. The van der Waals surface area contributed by atoms with E-state index >= 15 is 0 Å². The topological polar surface area (TPSA) is 62.8 Å². The van der Waals surface area contributed by atoms with Crippen molar-refractivity contribution in [3.63, 3.8) is 0 Å². The number of para-hydroxylation sites is 2. The molecule has 96 valence electrons. The monoisotopic (exact) mass is 256 g/mol. The third-order valence-electron chi connectivity index (χ3n) is 2.89. The number of phenols is 2. The van der Waals surface area contributed by atoms with Crippen molar-refractivity contribution in [2.75, 3.05) is 0 Å². The minimum absolute atomic E-state index is 0.105. The van der Waals surface area contributed by atoms with Crippen molar-refractivity contribution in [2.24, 2.45) is 0 Å². The van der Waals surface area contributed by atoms with Crippen LogP contribution in [0.2, 0.25) is 0 Å². The minimum Gasteiger partial charge on any atom is -0.508 e. The van der Waals surface area contributed by atoms with E-state index in [0.29, 0.717) is 11.3 Å². The number of hydrogen-bond acceptors (Lipinski definition) is 4. The average Bonchev–Trinajstić information content (AvgIpc) is 2.80. The smallest absolute Gasteiger partial charge is 0.161 e. The molecule has 0 saturated heterocycles. The Morgan fingerprint density at radius 3 is 2.74 bits per heavy atom. The van der Waals surface area contributed by atoms with E-state index < -0.39 is 0 Å². The summed E-state index contributed by atoms with van der Waals surface area (Å²) in [6.45, 7) is 0.287. The van der Waals surface area contributed by atoms with Gasteiger partial charge in [0.25, 0.3) is 0 Å². The van der Waals surface area contributed by atoms with Crippen LogP contribution in [-0.2, 0) is 6.61 Å². The van der Waals surface area contributed by atoms with Gasteiger partial charge in [-0.25, -0.2) is 0 Å². The molecule has 2 aromatic carbocycles. The minimum atomic E-state index is 0.105. The Bertz CT molecular complexity index is 715. The van der Waals surface area contributed by atoms with Gasteiger partial charge < -0.3 is 19.4 Å². The molecule has 0 unspecified atom stereocenters. The van der Waals surface area contributed by atoms with Crippen LogP contribution in [-0.4, -0.2) is 10.2 Å². The van der Waals surface area contributed by atoms with E-state index in [9.17, 15) is 10.2 Å². The molecule has 19 heavy (non-hydrogen) atoms. The fraction of sp³-hybridized carbons (Fsp3) is 0.0667. The first kappa shape index (κ1) is 11.5. The van der Waals surface area contributed by atoms with Crippen LogP contribution in [0.1, 0.15) is 5.56 Å². The number of hydrogen-bond donors (Lipinski definition) is 2. The number of ether oxygens (including phenoxy) is 1. The highest BCUT2D eigenvalue weighted by Crippen LogP contribution is 2.28. The van der Waals surface area contributed by atoms with E-state index in [1.54, 1.807) is 48.7 Å². The molecular weight excluding hydrogens is 244 g/mol. The van der Waals surface area contributed by atoms with Crippen molar-refractivity contribution in [3.05, 3.63) is 54.3 Å². The van der Waals surface area contributed by atoms with E-state index in [-0.39, 0.29) is 18.1 Å². The van der Waals surface area contributed by atoms with Crippen molar-refractivity contribution < 1.29 is 19.4 Å². The van der Waals surface area contributed by atoms with Crippen LogP contribution in [0.4, 0.5) is 0 Å². The predicted octanol–water partition coefficient (Wildman–Crippen LogP) is 3.42. The molecular formula is C15H12O4. The summed E-state index contributed by atoms with van der Waals surface area (Å²) in [5.74, 6) is 0.693. The molecule has 2 N–H and O–H groups in total. The van der Waals surface area contributed by atoms with E-state index in [2.05, 4.69) is 0 Å². The maximum Gasteiger partial charge on any atom is 0.161 e. The molecule has 4 heteroatoms. The lowest BCUT2D eigenvalue weighted by Gasteiger charge is -2.06. The number of rotatable bonds is 3. The van der Waals surface area contributed by atoms with Crippen molar-refractivity contribution in [1.82, 2.24) is 0 Å². The molecule has 0 fully saturated rings. The molecule has 4 nitrogen and oxygen atoms in total. The molecule has 0 aliphatic rings. The van der Waals surface area contributed by atoms with E-state index in [1.165, 1.54) is 0 Å². The maximum absolute atomic E-state index is 9.61. The van der Waals surface area contributed by atoms with Crippen molar-refractivity contribution in [2.45, 2.75) is 6.61 Å². The van der Waals surface area contributed by atoms with Crippen LogP contribution in [0.25, 0.3) is 11.0 Å². The average molecular weight is 256 g/mol. The number of fused-ring (bicyclic) bond motifs is 1. The Labute approximate surface area is 109 Å². The molecule has 1 heterocycles. The van der Waals surface area contributed by atoms with E-state index in [1.807, 2.05) is 0 Å². The molecule has 0 amide bonds. The summed E-state index contributed by atoms with van der Waals surface area (Å²) in [5.41, 5.74) is 1.47. The summed E-state index contributed by atoms with van der Waals surface area (Å²) in [6, 6.07) is 11.7. The Morgan fingerprint density at radius 2 is 1.89 bits per heavy atom. The molecule has 0 aliphatic carbocycles. The van der Waals surface area contributed by atoms with Gasteiger partial charge in [-0.05, 0) is 24.3 Å². The van der Waals surface area contributed by atoms with Gasteiger partial charge in [0.2, 0.25) is 0 Å². The largest absolute Gasteiger partial charge is 0.508 e. The van der Waals surface area contributed by atoms with Crippen LogP contribution >= 0.6 is 0 Å². The summed E-state index contributed by atoms with van der Waals surface area (Å²) in [7, 11) is 0. The molecule has 3 rings (SSSR count). The molecule has 0 bridgehead atoms. The van der Waals surface area contributed by atoms with Gasteiger partial charge in [0.15, 0.2) is 11.5 Å². The highest BCUT2D eigenvalue weighted by molar-refractivity contribution is 5.82. The molecule has 3 aromatic rings. The normalized spacial score (nSPS) is 10.7. The SMILES string of the molecule is Oc1ccc2c(COc3ccccc3O)coc2c1. The Kier molecular flexibility index (Phi) is 2.76. The third-order valence-corrected chi connectivity index (χ3v) is 2.89. The van der Waals surface area contributed by atoms with Gasteiger partial charge in [0, 0.05) is 17.0 Å². The molecule has 0 saturated carbocycles. The Balaban J connectivity index is 1.84. The van der Waals surface area contributed by atoms with Gasteiger partial charge in [0.1, 0.15) is 17.9 Å². The zero-order valence-corrected chi connectivity index (χ0v) is 10.0. The van der Waals surface area contributed by atoms with Crippen LogP contribution in [0.5, 0.6) is 17.2 Å². The summed E-state index contributed by atoms with van der Waals surface area (Å²) in [6.07, 6.45) is 1.59. The maximum atomic E-state index is 9.61. The predicted molar refractivity (Wildman–Crippen MR) is 70.3 cm³/mol. The lowest BCUT2D eigenvalue weighted by atomic mass is 10.2. The fourth-order valence-electron chi connectivity index (χ4n) is 1.92. The van der Waals surface area contributed by atoms with Crippen LogP contribution < -0.4 is 4.74 Å². The number of phenolic OH excluding ortho intramolecular Hbond substituents is 2. The van der Waals surface area contributed by atoms with Gasteiger partial charge in [0.05, 0.1) is 6.26 Å². The molecule has 0 aliphatic heterocycles. The molecule has 0 spiro atoms. The second kappa shape index (κ2) is 4.57. The second-order valence-electron chi connectivity index (χ2n) is 4.20. The highest BCUT2D eigenvalue weighted by Gasteiger charge is 2.08. The van der Waals surface area contributed by atoms with Gasteiger partial charge >= 0.3 is 0 Å². The van der Waals surface area contributed by atoms with Crippen LogP contribution in [0, 0.1) is 0 Å². The zero-order chi connectivity index (χ0) is 13.2. The zero-order valence-electron chi connectivity index (χ0n) is 10.0. The van der Waals surface area contributed by atoms with Crippen LogP contribution in [0.15, 0.2) is 53.1 Å². The molecule has 0 atom stereocenters. The van der Waals surface area contributed by atoms with Gasteiger partial charge in [-0.15, -0.1) is 0 Å². The lowest BCUT2D eigenvalue weighted by Crippen LogP contribution is -1.94. The first-order valence-corrected chi connectivity index (χ1v) is 5.84. The quantitative estimate of drug-likeness (QED) is 0.753. The summed E-state index contributed by atoms with van der Waals surface area (Å²) in [5, 5.41) is 19.8. The first-order chi connectivity index (χ1) is 9.24. The first-order valence-electron chi connectivity index (χ1n) is 5.84. The highest BCUT2D eigenvalue weighted by atomic mass is 16.5. The number of furan rings is 1. The van der Waals surface area contributed by atoms with Gasteiger partial charge in [-0.3, -0.25) is 0 Å². The Hall–Kier alpha value is -2.62. The summed E-state index contributed by atoms with van der Waals surface area (Å²) in [4.78, 5) is 0. The van der Waals surface area contributed by atoms with Crippen molar-refractivity contribution >= 4 is 11.0 Å². The van der Waals surface area contributed by atoms with Crippen molar-refractivity contribution in [1.29, 1.82) is 0 Å². The molecule has 0 radical (unpaired) electrons.